The molecule has 0 aliphatic heterocycles. The average Bonchev–Trinajstić information content (AvgIpc) is 3.07. The third kappa shape index (κ3) is 6.38. The van der Waals surface area contributed by atoms with Crippen molar-refractivity contribution in [2.24, 2.45) is 46.3 Å². The molecule has 0 bridgehead atoms. The Kier molecular flexibility index (Phi) is 7.89. The Morgan fingerprint density at radius 3 is 1.12 bits per heavy atom. The Morgan fingerprint density at radius 1 is 0.583 bits per heavy atom. The van der Waals surface area contributed by atoms with Crippen molar-refractivity contribution in [1.29, 1.82) is 0 Å². The van der Waals surface area contributed by atoms with E-state index in [1.54, 1.807) is 0 Å². The fraction of sp³-hybridized carbons (Fsp3) is 1.00. The summed E-state index contributed by atoms with van der Waals surface area (Å²) in [6.07, 6.45) is 8.80. The fourth-order valence-electron chi connectivity index (χ4n) is 5.23. The van der Waals surface area contributed by atoms with E-state index in [9.17, 15) is 0 Å². The lowest BCUT2D eigenvalue weighted by Gasteiger charge is -2.30. The molecule has 2 aliphatic carbocycles. The van der Waals surface area contributed by atoms with E-state index < -0.39 is 0 Å². The summed E-state index contributed by atoms with van der Waals surface area (Å²) in [5.74, 6) is 5.77. The smallest absolute Gasteiger partial charge is 0.0354 e. The van der Waals surface area contributed by atoms with Crippen LogP contribution < -0.4 is 0 Å². The van der Waals surface area contributed by atoms with Crippen molar-refractivity contribution in [3.63, 3.8) is 0 Å². The van der Waals surface area contributed by atoms with Crippen molar-refractivity contribution >= 4 is 0 Å². The first-order valence-electron chi connectivity index (χ1n) is 10.8. The molecular formula is C24H48. The Hall–Kier alpha value is 0. The summed E-state index contributed by atoms with van der Waals surface area (Å²) in [7, 11) is 0. The molecule has 2 aliphatic rings. The molecule has 0 amide bonds. The summed E-state index contributed by atoms with van der Waals surface area (Å²) >= 11 is 0. The summed E-state index contributed by atoms with van der Waals surface area (Å²) in [5, 5.41) is 0. The van der Waals surface area contributed by atoms with Crippen molar-refractivity contribution in [3.05, 3.63) is 0 Å². The van der Waals surface area contributed by atoms with Gasteiger partial charge < -0.3 is 0 Å². The summed E-state index contributed by atoms with van der Waals surface area (Å²) in [5.41, 5.74) is 1.06. The van der Waals surface area contributed by atoms with Crippen LogP contribution in [0.4, 0.5) is 0 Å². The standard InChI is InChI=1S/C13H26.C11H22/c1-12(2,3)10-7-8-11(9-10)13(4,5)6;1-8(2)10-6-5-7-11(10)9(3)4/h10-11H,7-9H2,1-6H3;8-11H,5-7H2,1-4H3. The molecule has 0 aromatic rings. The van der Waals surface area contributed by atoms with Crippen molar-refractivity contribution in [2.75, 3.05) is 0 Å². The molecule has 0 saturated heterocycles. The lowest BCUT2D eigenvalue weighted by Crippen LogP contribution is -2.21. The van der Waals surface area contributed by atoms with E-state index in [4.69, 9.17) is 0 Å². The summed E-state index contributed by atoms with van der Waals surface area (Å²) in [4.78, 5) is 0. The Labute approximate surface area is 154 Å². The highest BCUT2D eigenvalue weighted by Crippen LogP contribution is 2.48. The first-order chi connectivity index (χ1) is 10.8. The SMILES string of the molecule is CC(C)(C)C1CCC(C(C)(C)C)C1.CC(C)C1CCCC1C(C)C. The Morgan fingerprint density at radius 2 is 0.917 bits per heavy atom. The summed E-state index contributed by atoms with van der Waals surface area (Å²) in [6.45, 7) is 23.9. The minimum absolute atomic E-state index is 0.528. The highest BCUT2D eigenvalue weighted by atomic mass is 14.4. The topological polar surface area (TPSA) is 0 Å². The molecule has 0 aromatic carbocycles. The maximum Gasteiger partial charge on any atom is -0.0354 e. The van der Waals surface area contributed by atoms with Crippen LogP contribution in [0.5, 0.6) is 0 Å². The first kappa shape index (κ1) is 22.0. The zero-order chi connectivity index (χ0) is 18.7. The molecule has 0 nitrogen and oxygen atoms in total. The van der Waals surface area contributed by atoms with Gasteiger partial charge in [-0.2, -0.15) is 0 Å². The second-order valence-corrected chi connectivity index (χ2v) is 11.7. The Balaban J connectivity index is 0.000000243. The molecule has 2 saturated carbocycles. The van der Waals surface area contributed by atoms with Crippen molar-refractivity contribution in [2.45, 2.75) is 108 Å². The lowest BCUT2D eigenvalue weighted by molar-refractivity contribution is 0.197. The van der Waals surface area contributed by atoms with Crippen molar-refractivity contribution < 1.29 is 0 Å². The molecule has 4 unspecified atom stereocenters. The van der Waals surface area contributed by atoms with Crippen LogP contribution in [0.15, 0.2) is 0 Å². The van der Waals surface area contributed by atoms with E-state index in [2.05, 4.69) is 69.2 Å². The van der Waals surface area contributed by atoms with Crippen molar-refractivity contribution in [3.8, 4) is 0 Å². The molecular weight excluding hydrogens is 288 g/mol. The van der Waals surface area contributed by atoms with Crippen molar-refractivity contribution in [1.82, 2.24) is 0 Å². The third-order valence-corrected chi connectivity index (χ3v) is 7.22. The molecule has 0 heterocycles. The summed E-state index contributed by atoms with van der Waals surface area (Å²) < 4.78 is 0. The lowest BCUT2D eigenvalue weighted by atomic mass is 9.75. The maximum atomic E-state index is 2.39. The van der Waals surface area contributed by atoms with Gasteiger partial charge in [0.05, 0.1) is 0 Å². The fourth-order valence-corrected chi connectivity index (χ4v) is 5.23. The van der Waals surface area contributed by atoms with Gasteiger partial charge in [0.15, 0.2) is 0 Å². The van der Waals surface area contributed by atoms with Crippen LogP contribution in [0.3, 0.4) is 0 Å². The van der Waals surface area contributed by atoms with Gasteiger partial charge in [-0.15, -0.1) is 0 Å². The van der Waals surface area contributed by atoms with Gasteiger partial charge in [-0.25, -0.2) is 0 Å². The quantitative estimate of drug-likeness (QED) is 0.476. The molecule has 0 aromatic heterocycles. The van der Waals surface area contributed by atoms with Gasteiger partial charge in [-0.05, 0) is 78.4 Å². The van der Waals surface area contributed by atoms with Gasteiger partial charge >= 0.3 is 0 Å². The van der Waals surface area contributed by atoms with Crippen LogP contribution >= 0.6 is 0 Å². The van der Waals surface area contributed by atoms with E-state index >= 15 is 0 Å². The summed E-state index contributed by atoms with van der Waals surface area (Å²) in [6, 6.07) is 0. The number of rotatable bonds is 2. The predicted octanol–water partition coefficient (Wildman–Crippen LogP) is 8.21. The van der Waals surface area contributed by atoms with Gasteiger partial charge in [0.25, 0.3) is 0 Å². The largest absolute Gasteiger partial charge is 0.0625 e. The number of hydrogen-bond donors (Lipinski definition) is 0. The molecule has 4 atom stereocenters. The van der Waals surface area contributed by atoms with Gasteiger partial charge in [0, 0.05) is 0 Å². The Bertz CT molecular complexity index is 315. The number of hydrogen-bond acceptors (Lipinski definition) is 0. The second kappa shape index (κ2) is 8.59. The monoisotopic (exact) mass is 336 g/mol. The molecule has 2 rings (SSSR count). The first-order valence-corrected chi connectivity index (χ1v) is 10.8. The zero-order valence-electron chi connectivity index (χ0n) is 18.7. The predicted molar refractivity (Wildman–Crippen MR) is 110 cm³/mol. The van der Waals surface area contributed by atoms with Crippen LogP contribution in [0.1, 0.15) is 108 Å². The van der Waals surface area contributed by atoms with Crippen LogP contribution in [0.2, 0.25) is 0 Å². The molecule has 24 heavy (non-hydrogen) atoms. The zero-order valence-corrected chi connectivity index (χ0v) is 18.7. The van der Waals surface area contributed by atoms with Gasteiger partial charge in [-0.3, -0.25) is 0 Å². The molecule has 2 fully saturated rings. The van der Waals surface area contributed by atoms with Crippen LogP contribution in [0.25, 0.3) is 0 Å². The minimum atomic E-state index is 0.528. The minimum Gasteiger partial charge on any atom is -0.0625 e. The van der Waals surface area contributed by atoms with E-state index in [0.717, 1.165) is 35.5 Å². The third-order valence-electron chi connectivity index (χ3n) is 7.22. The molecule has 144 valence electrons. The molecule has 0 heteroatoms. The van der Waals surface area contributed by atoms with Gasteiger partial charge in [0.1, 0.15) is 0 Å². The van der Waals surface area contributed by atoms with Gasteiger partial charge in [0.2, 0.25) is 0 Å². The van der Waals surface area contributed by atoms with E-state index in [1.807, 2.05) is 0 Å². The van der Waals surface area contributed by atoms with Crippen LogP contribution in [0, 0.1) is 46.3 Å². The van der Waals surface area contributed by atoms with Gasteiger partial charge in [-0.1, -0.05) is 75.7 Å². The van der Waals surface area contributed by atoms with Crippen LogP contribution in [-0.2, 0) is 0 Å². The molecule has 0 N–H and O–H groups in total. The highest BCUT2D eigenvalue weighted by Gasteiger charge is 2.37. The van der Waals surface area contributed by atoms with E-state index in [1.165, 1.54) is 38.5 Å². The maximum absolute atomic E-state index is 2.39. The van der Waals surface area contributed by atoms with Crippen LogP contribution in [-0.4, -0.2) is 0 Å². The van der Waals surface area contributed by atoms with E-state index in [0.29, 0.717) is 10.8 Å². The average molecular weight is 337 g/mol. The molecule has 0 radical (unpaired) electrons. The molecule has 0 spiro atoms. The second-order valence-electron chi connectivity index (χ2n) is 11.7. The normalized spacial score (nSPS) is 31.5. The van der Waals surface area contributed by atoms with E-state index in [-0.39, 0.29) is 0 Å². The highest BCUT2D eigenvalue weighted by molar-refractivity contribution is 4.88.